The van der Waals surface area contributed by atoms with Gasteiger partial charge in [-0.05, 0) is 43.0 Å². The second-order valence-electron chi connectivity index (χ2n) is 6.77. The highest BCUT2D eigenvalue weighted by Gasteiger charge is 2.49. The zero-order valence-electron chi connectivity index (χ0n) is 12.7. The molecule has 4 rings (SSSR count). The summed E-state index contributed by atoms with van der Waals surface area (Å²) in [7, 11) is 2.05. The van der Waals surface area contributed by atoms with E-state index in [-0.39, 0.29) is 24.6 Å². The minimum Gasteiger partial charge on any atom is -0.394 e. The SMILES string of the molecule is CN1c2ccc(Br)cc2[C@@H]2[C@@H](CCN2C(=O)C2CC2)[C@@H]1CO. The Bertz CT molecular complexity index is 617. The fraction of sp³-hybridized carbons (Fsp3) is 0.588. The standard InChI is InChI=1S/C17H21BrN2O2/c1-19-14-5-4-11(18)8-13(14)16-12(15(19)9-21)6-7-20(16)17(22)10-2-3-10/h4-5,8,10,12,15-16,21H,2-3,6-7,9H2,1H3/t12-,15-,16-/m0/s1. The van der Waals surface area contributed by atoms with Gasteiger partial charge in [0.1, 0.15) is 0 Å². The average Bonchev–Trinajstić information content (AvgIpc) is 3.26. The third-order valence-electron chi connectivity index (χ3n) is 5.52. The number of halogens is 1. The molecule has 1 saturated carbocycles. The molecule has 2 fully saturated rings. The highest BCUT2D eigenvalue weighted by Crippen LogP contribution is 2.50. The van der Waals surface area contributed by atoms with Gasteiger partial charge in [-0.15, -0.1) is 0 Å². The Kier molecular flexibility index (Phi) is 3.46. The van der Waals surface area contributed by atoms with Crippen LogP contribution >= 0.6 is 15.9 Å². The van der Waals surface area contributed by atoms with Crippen LogP contribution in [-0.2, 0) is 4.79 Å². The Morgan fingerprint density at radius 3 is 2.82 bits per heavy atom. The molecule has 0 aromatic heterocycles. The van der Waals surface area contributed by atoms with Gasteiger partial charge in [0, 0.05) is 35.6 Å². The molecule has 4 nitrogen and oxygen atoms in total. The van der Waals surface area contributed by atoms with Gasteiger partial charge >= 0.3 is 0 Å². The van der Waals surface area contributed by atoms with Gasteiger partial charge in [-0.25, -0.2) is 0 Å². The number of aliphatic hydroxyl groups excluding tert-OH is 1. The van der Waals surface area contributed by atoms with Crippen molar-refractivity contribution in [3.05, 3.63) is 28.2 Å². The molecule has 5 heteroatoms. The summed E-state index contributed by atoms with van der Waals surface area (Å²) in [6.45, 7) is 0.958. The summed E-state index contributed by atoms with van der Waals surface area (Å²) in [5.41, 5.74) is 2.36. The van der Waals surface area contributed by atoms with Gasteiger partial charge in [-0.1, -0.05) is 15.9 Å². The van der Waals surface area contributed by atoms with E-state index in [0.717, 1.165) is 36.0 Å². The number of benzene rings is 1. The maximum Gasteiger partial charge on any atom is 0.226 e. The molecule has 0 unspecified atom stereocenters. The highest BCUT2D eigenvalue weighted by atomic mass is 79.9. The molecule has 22 heavy (non-hydrogen) atoms. The number of carbonyl (C=O) groups is 1. The molecule has 2 heterocycles. The fourth-order valence-electron chi connectivity index (χ4n) is 4.24. The lowest BCUT2D eigenvalue weighted by molar-refractivity contribution is -0.134. The number of amides is 1. The van der Waals surface area contributed by atoms with Crippen LogP contribution in [0.3, 0.4) is 0 Å². The van der Waals surface area contributed by atoms with Crippen molar-refractivity contribution in [2.24, 2.45) is 11.8 Å². The largest absolute Gasteiger partial charge is 0.394 e. The van der Waals surface area contributed by atoms with Gasteiger partial charge in [0.25, 0.3) is 0 Å². The lowest BCUT2D eigenvalue weighted by Gasteiger charge is -2.44. The van der Waals surface area contributed by atoms with Crippen molar-refractivity contribution in [3.63, 3.8) is 0 Å². The van der Waals surface area contributed by atoms with Crippen molar-refractivity contribution in [2.75, 3.05) is 25.1 Å². The highest BCUT2D eigenvalue weighted by molar-refractivity contribution is 9.10. The topological polar surface area (TPSA) is 43.8 Å². The molecule has 1 aliphatic carbocycles. The number of nitrogens with zero attached hydrogens (tertiary/aromatic N) is 2. The van der Waals surface area contributed by atoms with E-state index >= 15 is 0 Å². The van der Waals surface area contributed by atoms with Gasteiger partial charge < -0.3 is 14.9 Å². The summed E-state index contributed by atoms with van der Waals surface area (Å²) in [6, 6.07) is 6.49. The van der Waals surface area contributed by atoms with Crippen molar-refractivity contribution in [3.8, 4) is 0 Å². The molecular weight excluding hydrogens is 344 g/mol. The summed E-state index contributed by atoms with van der Waals surface area (Å²) < 4.78 is 1.05. The smallest absolute Gasteiger partial charge is 0.226 e. The second-order valence-corrected chi connectivity index (χ2v) is 7.68. The molecule has 3 atom stereocenters. The van der Waals surface area contributed by atoms with E-state index in [0.29, 0.717) is 11.8 Å². The maximum absolute atomic E-state index is 12.7. The summed E-state index contributed by atoms with van der Waals surface area (Å²) in [4.78, 5) is 16.9. The fourth-order valence-corrected chi connectivity index (χ4v) is 4.62. The number of hydrogen-bond donors (Lipinski definition) is 1. The van der Waals surface area contributed by atoms with Crippen molar-refractivity contribution in [1.29, 1.82) is 0 Å². The van der Waals surface area contributed by atoms with Gasteiger partial charge in [0.05, 0.1) is 18.7 Å². The van der Waals surface area contributed by atoms with E-state index in [9.17, 15) is 9.90 Å². The van der Waals surface area contributed by atoms with E-state index in [1.54, 1.807) is 0 Å². The van der Waals surface area contributed by atoms with Crippen molar-refractivity contribution >= 4 is 27.5 Å². The Morgan fingerprint density at radius 1 is 1.36 bits per heavy atom. The minimum absolute atomic E-state index is 0.0932. The lowest BCUT2D eigenvalue weighted by Crippen LogP contribution is -2.48. The third kappa shape index (κ3) is 2.09. The number of likely N-dealkylation sites (tertiary alicyclic amines) is 1. The number of fused-ring (bicyclic) bond motifs is 3. The minimum atomic E-state index is 0.0932. The van der Waals surface area contributed by atoms with E-state index in [4.69, 9.17) is 0 Å². The molecule has 1 aromatic carbocycles. The predicted molar refractivity (Wildman–Crippen MR) is 88.7 cm³/mol. The second kappa shape index (κ2) is 5.24. The molecule has 1 aromatic rings. The van der Waals surface area contributed by atoms with E-state index in [2.05, 4.69) is 44.9 Å². The molecule has 0 bridgehead atoms. The Balaban J connectivity index is 1.79. The molecule has 0 radical (unpaired) electrons. The lowest BCUT2D eigenvalue weighted by atomic mass is 9.82. The van der Waals surface area contributed by atoms with Crippen LogP contribution in [0.2, 0.25) is 0 Å². The van der Waals surface area contributed by atoms with Crippen LogP contribution in [-0.4, -0.2) is 42.2 Å². The van der Waals surface area contributed by atoms with Gasteiger partial charge in [0.15, 0.2) is 0 Å². The van der Waals surface area contributed by atoms with Crippen molar-refractivity contribution in [1.82, 2.24) is 4.90 Å². The van der Waals surface area contributed by atoms with Crippen molar-refractivity contribution < 1.29 is 9.90 Å². The van der Waals surface area contributed by atoms with Crippen molar-refractivity contribution in [2.45, 2.75) is 31.3 Å². The zero-order valence-corrected chi connectivity index (χ0v) is 14.3. The molecule has 1 amide bonds. The summed E-state index contributed by atoms with van der Waals surface area (Å²) in [5.74, 6) is 0.890. The molecular formula is C17H21BrN2O2. The van der Waals surface area contributed by atoms with Crippen LogP contribution in [0, 0.1) is 11.8 Å². The third-order valence-corrected chi connectivity index (χ3v) is 6.01. The molecule has 2 aliphatic heterocycles. The average molecular weight is 365 g/mol. The zero-order chi connectivity index (χ0) is 15.4. The molecule has 1 saturated heterocycles. The molecule has 0 spiro atoms. The Labute approximate surface area is 139 Å². The van der Waals surface area contributed by atoms with Crippen LogP contribution in [0.5, 0.6) is 0 Å². The van der Waals surface area contributed by atoms with E-state index < -0.39 is 0 Å². The van der Waals surface area contributed by atoms with Crippen LogP contribution in [0.4, 0.5) is 5.69 Å². The molecule has 118 valence electrons. The van der Waals surface area contributed by atoms with Crippen LogP contribution < -0.4 is 4.90 Å². The molecule has 3 aliphatic rings. The number of hydrogen-bond acceptors (Lipinski definition) is 3. The van der Waals surface area contributed by atoms with Crippen LogP contribution in [0.25, 0.3) is 0 Å². The van der Waals surface area contributed by atoms with E-state index in [1.807, 2.05) is 6.07 Å². The summed E-state index contributed by atoms with van der Waals surface area (Å²) in [5, 5.41) is 9.88. The normalized spacial score (nSPS) is 30.2. The van der Waals surface area contributed by atoms with Gasteiger partial charge in [-0.3, -0.25) is 4.79 Å². The quantitative estimate of drug-likeness (QED) is 0.876. The first-order chi connectivity index (χ1) is 10.6. The maximum atomic E-state index is 12.7. The van der Waals surface area contributed by atoms with Gasteiger partial charge in [0.2, 0.25) is 5.91 Å². The first-order valence-electron chi connectivity index (χ1n) is 8.05. The van der Waals surface area contributed by atoms with E-state index in [1.165, 1.54) is 5.56 Å². The van der Waals surface area contributed by atoms with Crippen LogP contribution in [0.1, 0.15) is 30.9 Å². The Morgan fingerprint density at radius 2 is 2.14 bits per heavy atom. The number of rotatable bonds is 2. The summed E-state index contributed by atoms with van der Waals surface area (Å²) >= 11 is 3.57. The molecule has 1 N–H and O–H groups in total. The number of aliphatic hydroxyl groups is 1. The number of likely N-dealkylation sites (N-methyl/N-ethyl adjacent to an activating group) is 1. The van der Waals surface area contributed by atoms with Crippen LogP contribution in [0.15, 0.2) is 22.7 Å². The first kappa shape index (κ1) is 14.5. The van der Waals surface area contributed by atoms with Gasteiger partial charge in [-0.2, -0.15) is 0 Å². The first-order valence-corrected chi connectivity index (χ1v) is 8.84. The predicted octanol–water partition coefficient (Wildman–Crippen LogP) is 2.56. The summed E-state index contributed by atoms with van der Waals surface area (Å²) in [6.07, 6.45) is 3.06. The monoisotopic (exact) mass is 364 g/mol. The number of anilines is 1. The number of carbonyl (C=O) groups excluding carboxylic acids is 1. The Hall–Kier alpha value is -1.07.